The molecule has 0 aliphatic carbocycles. The lowest BCUT2D eigenvalue weighted by atomic mass is 9.97. The Bertz CT molecular complexity index is 1280. The Morgan fingerprint density at radius 2 is 0.923 bits per heavy atom. The Morgan fingerprint density at radius 3 is 1.37 bits per heavy atom. The number of nitrogens with zero attached hydrogens (tertiary/aromatic N) is 2. The predicted molar refractivity (Wildman–Crippen MR) is 197 cm³/mol. The Labute approximate surface area is 310 Å². The van der Waals surface area contributed by atoms with Crippen molar-refractivity contribution in [1.29, 1.82) is 0 Å². The second kappa shape index (κ2) is 19.9. The summed E-state index contributed by atoms with van der Waals surface area (Å²) in [5.74, 6) is -3.24. The summed E-state index contributed by atoms with van der Waals surface area (Å²) in [5, 5.41) is 14.3. The van der Waals surface area contributed by atoms with Gasteiger partial charge in [0.2, 0.25) is 41.4 Å². The fourth-order valence-corrected chi connectivity index (χ4v) is 7.32. The van der Waals surface area contributed by atoms with Crippen LogP contribution in [0.15, 0.2) is 0 Å². The van der Waals surface area contributed by atoms with Gasteiger partial charge in [-0.1, -0.05) is 55.4 Å². The number of hydrogen-bond acceptors (Lipinski definition) is 7. The number of fused-ring (bicyclic) bond motifs is 1. The zero-order chi connectivity index (χ0) is 38.7. The molecule has 0 spiro atoms. The van der Waals surface area contributed by atoms with Crippen LogP contribution in [0, 0.1) is 23.7 Å². The van der Waals surface area contributed by atoms with E-state index < -0.39 is 71.7 Å². The number of rotatable bonds is 11. The molecule has 3 rings (SSSR count). The van der Waals surface area contributed by atoms with Gasteiger partial charge in [0.1, 0.15) is 36.3 Å². The van der Waals surface area contributed by atoms with E-state index >= 15 is 0 Å². The molecule has 1 unspecified atom stereocenters. The van der Waals surface area contributed by atoms with E-state index in [1.54, 1.807) is 4.90 Å². The lowest BCUT2D eigenvalue weighted by molar-refractivity contribution is -0.143. The molecule has 5 N–H and O–H groups in total. The Balaban J connectivity index is 2.05. The topological polar surface area (TPSA) is 186 Å². The van der Waals surface area contributed by atoms with Crippen molar-refractivity contribution in [1.82, 2.24) is 36.4 Å². The lowest BCUT2D eigenvalue weighted by Gasteiger charge is -2.32. The third-order valence-electron chi connectivity index (χ3n) is 9.92. The maximum Gasteiger partial charge on any atom is 0.245 e. The Morgan fingerprint density at radius 1 is 0.538 bits per heavy atom. The molecule has 0 aromatic rings. The third-order valence-corrected chi connectivity index (χ3v) is 9.92. The largest absolute Gasteiger partial charge is 0.343 e. The molecule has 3 heterocycles. The average Bonchev–Trinajstić information content (AvgIpc) is 3.77. The first-order valence-electron chi connectivity index (χ1n) is 19.6. The van der Waals surface area contributed by atoms with Gasteiger partial charge in [-0.25, -0.2) is 0 Å². The van der Waals surface area contributed by atoms with Crippen molar-refractivity contribution in [3.8, 4) is 0 Å². The van der Waals surface area contributed by atoms with Crippen LogP contribution in [0.2, 0.25) is 0 Å². The molecule has 7 amide bonds. The van der Waals surface area contributed by atoms with Gasteiger partial charge in [0.15, 0.2) is 0 Å². The lowest BCUT2D eigenvalue weighted by Crippen LogP contribution is -2.61. The molecule has 3 saturated heterocycles. The van der Waals surface area contributed by atoms with E-state index in [0.29, 0.717) is 45.3 Å². The van der Waals surface area contributed by atoms with Gasteiger partial charge in [-0.2, -0.15) is 0 Å². The highest BCUT2D eigenvalue weighted by atomic mass is 16.2. The van der Waals surface area contributed by atoms with Gasteiger partial charge >= 0.3 is 0 Å². The number of hydrogen-bond donors (Lipinski definition) is 5. The Hall–Kier alpha value is -3.71. The minimum Gasteiger partial charge on any atom is -0.343 e. The van der Waals surface area contributed by atoms with Gasteiger partial charge in [0, 0.05) is 26.1 Å². The molecule has 0 radical (unpaired) electrons. The number of carbonyl (C=O) groups excluding carboxylic acids is 7. The van der Waals surface area contributed by atoms with E-state index in [0.717, 1.165) is 12.8 Å². The summed E-state index contributed by atoms with van der Waals surface area (Å²) in [5.41, 5.74) is 0. The number of carbonyl (C=O) groups is 7. The van der Waals surface area contributed by atoms with Crippen LogP contribution in [-0.4, -0.2) is 107 Å². The molecule has 14 heteroatoms. The molecule has 3 fully saturated rings. The Kier molecular flexibility index (Phi) is 16.4. The minimum absolute atomic E-state index is 0.00129. The minimum atomic E-state index is -1.16. The molecule has 0 aromatic carbocycles. The SMILES string of the molecule is CC(C)C[C@@H]1NC(=O)[C@@H](CC(C)C)NC(=O)[C@@H](CC(C)C)NC(=O)C(CCC(=O)N2CCCC2)NC(=O)[C@H]2CCCN2C(=O)[C@H](CC(C)C)NC1=O. The van der Waals surface area contributed by atoms with Crippen LogP contribution in [0.4, 0.5) is 0 Å². The second-order valence-corrected chi connectivity index (χ2v) is 16.6. The quantitative estimate of drug-likeness (QED) is 0.215. The molecule has 3 aliphatic heterocycles. The highest BCUT2D eigenvalue weighted by Crippen LogP contribution is 2.22. The summed E-state index contributed by atoms with van der Waals surface area (Å²) < 4.78 is 0. The van der Waals surface area contributed by atoms with Crippen LogP contribution in [0.3, 0.4) is 0 Å². The molecule has 0 bridgehead atoms. The summed E-state index contributed by atoms with van der Waals surface area (Å²) in [7, 11) is 0. The molecule has 0 saturated carbocycles. The van der Waals surface area contributed by atoms with Crippen LogP contribution < -0.4 is 26.6 Å². The van der Waals surface area contributed by atoms with Gasteiger partial charge in [-0.05, 0) is 81.5 Å². The van der Waals surface area contributed by atoms with Crippen LogP contribution in [-0.2, 0) is 33.6 Å². The number of amides is 7. The van der Waals surface area contributed by atoms with Crippen molar-refractivity contribution < 1.29 is 33.6 Å². The first kappa shape index (κ1) is 42.7. The molecular weight excluding hydrogens is 666 g/mol. The smallest absolute Gasteiger partial charge is 0.245 e. The zero-order valence-corrected chi connectivity index (χ0v) is 32.7. The third kappa shape index (κ3) is 12.8. The molecule has 6 atom stereocenters. The van der Waals surface area contributed by atoms with Gasteiger partial charge in [0.05, 0.1) is 0 Å². The maximum absolute atomic E-state index is 14.2. The van der Waals surface area contributed by atoms with E-state index in [1.807, 2.05) is 55.4 Å². The van der Waals surface area contributed by atoms with E-state index in [1.165, 1.54) is 4.90 Å². The summed E-state index contributed by atoms with van der Waals surface area (Å²) >= 11 is 0. The van der Waals surface area contributed by atoms with Gasteiger partial charge in [-0.3, -0.25) is 33.6 Å². The summed E-state index contributed by atoms with van der Waals surface area (Å²) in [4.78, 5) is 100. The maximum atomic E-state index is 14.2. The normalized spacial score (nSPS) is 27.3. The van der Waals surface area contributed by atoms with E-state index in [2.05, 4.69) is 26.6 Å². The molecule has 52 heavy (non-hydrogen) atoms. The monoisotopic (exact) mass is 731 g/mol. The molecular formula is C38H65N7O7. The van der Waals surface area contributed by atoms with Crippen LogP contribution in [0.25, 0.3) is 0 Å². The second-order valence-electron chi connectivity index (χ2n) is 16.6. The van der Waals surface area contributed by atoms with E-state index in [4.69, 9.17) is 0 Å². The number of likely N-dealkylation sites (tertiary alicyclic amines) is 1. The zero-order valence-electron chi connectivity index (χ0n) is 32.7. The highest BCUT2D eigenvalue weighted by molar-refractivity contribution is 5.98. The predicted octanol–water partition coefficient (Wildman–Crippen LogP) is 2.00. The summed E-state index contributed by atoms with van der Waals surface area (Å²) in [6, 6.07) is -6.03. The van der Waals surface area contributed by atoms with Gasteiger partial charge < -0.3 is 36.4 Å². The number of nitrogens with one attached hydrogen (secondary N) is 5. The van der Waals surface area contributed by atoms with Crippen LogP contribution in [0.1, 0.15) is 120 Å². The van der Waals surface area contributed by atoms with Gasteiger partial charge in [0.25, 0.3) is 0 Å². The van der Waals surface area contributed by atoms with Crippen LogP contribution in [0.5, 0.6) is 0 Å². The molecule has 14 nitrogen and oxygen atoms in total. The molecule has 0 aromatic heterocycles. The highest BCUT2D eigenvalue weighted by Gasteiger charge is 2.41. The standard InChI is InChI=1S/C38H65N7O7/c1-22(2)18-27-34(48)41-28(19-23(3)4)35(49)42-29(20-24(5)6)36(50)43-30(21-25(7)8)38(52)45-17-11-12-31(45)37(51)39-26(33(47)40-27)13-14-32(46)44-15-9-10-16-44/h22-31H,9-21H2,1-8H3,(H,39,51)(H,40,47)(H,41,48)(H,42,49)(H,43,50)/t26?,27-,28-,29+,30+,31-/m1/s1. The van der Waals surface area contributed by atoms with Crippen molar-refractivity contribution in [3.05, 3.63) is 0 Å². The van der Waals surface area contributed by atoms with Gasteiger partial charge in [-0.15, -0.1) is 0 Å². The van der Waals surface area contributed by atoms with Crippen molar-refractivity contribution in [2.75, 3.05) is 19.6 Å². The fraction of sp³-hybridized carbons (Fsp3) is 0.816. The van der Waals surface area contributed by atoms with Crippen molar-refractivity contribution in [2.45, 2.75) is 156 Å². The first-order chi connectivity index (χ1) is 24.5. The average molecular weight is 732 g/mol. The summed E-state index contributed by atoms with van der Waals surface area (Å²) in [6.45, 7) is 17.0. The van der Waals surface area contributed by atoms with Crippen molar-refractivity contribution in [3.63, 3.8) is 0 Å². The van der Waals surface area contributed by atoms with E-state index in [9.17, 15) is 33.6 Å². The molecule has 294 valence electrons. The van der Waals surface area contributed by atoms with Crippen molar-refractivity contribution >= 4 is 41.4 Å². The fourth-order valence-electron chi connectivity index (χ4n) is 7.32. The summed E-state index contributed by atoms with van der Waals surface area (Å²) in [6.07, 6.45) is 3.90. The van der Waals surface area contributed by atoms with Crippen LogP contribution >= 0.6 is 0 Å². The molecule has 3 aliphatic rings. The van der Waals surface area contributed by atoms with Crippen molar-refractivity contribution in [2.24, 2.45) is 23.7 Å². The van der Waals surface area contributed by atoms with E-state index in [-0.39, 0.29) is 55.3 Å². The first-order valence-corrected chi connectivity index (χ1v) is 19.6.